The zero-order valence-corrected chi connectivity index (χ0v) is 9.30. The summed E-state index contributed by atoms with van der Waals surface area (Å²) in [6.45, 7) is 0.998. The van der Waals surface area contributed by atoms with Crippen molar-refractivity contribution in [1.82, 2.24) is 5.32 Å². The molecule has 0 aromatic rings. The van der Waals surface area contributed by atoms with Gasteiger partial charge in [-0.25, -0.2) is 0 Å². The van der Waals surface area contributed by atoms with Crippen molar-refractivity contribution in [3.05, 3.63) is 0 Å². The molecular formula is C12H23NO. The van der Waals surface area contributed by atoms with Crippen LogP contribution in [-0.4, -0.2) is 25.8 Å². The van der Waals surface area contributed by atoms with Crippen LogP contribution < -0.4 is 5.32 Å². The van der Waals surface area contributed by atoms with E-state index in [0.717, 1.165) is 18.6 Å². The maximum Gasteiger partial charge on any atom is 0.0576 e. The number of hydrogen-bond donors (Lipinski definition) is 1. The minimum Gasteiger partial charge on any atom is -0.378 e. The summed E-state index contributed by atoms with van der Waals surface area (Å²) in [5.41, 5.74) is 0. The molecule has 1 saturated carbocycles. The van der Waals surface area contributed by atoms with Crippen molar-refractivity contribution in [2.45, 2.75) is 57.1 Å². The molecule has 2 unspecified atom stereocenters. The first-order valence-electron chi connectivity index (χ1n) is 6.19. The van der Waals surface area contributed by atoms with Crippen LogP contribution in [0.3, 0.4) is 0 Å². The Labute approximate surface area is 87.4 Å². The van der Waals surface area contributed by atoms with Crippen molar-refractivity contribution in [2.24, 2.45) is 5.92 Å². The lowest BCUT2D eigenvalue weighted by molar-refractivity contribution is 0.0941. The summed E-state index contributed by atoms with van der Waals surface area (Å²) in [5.74, 6) is 0.960. The molecule has 1 N–H and O–H groups in total. The summed E-state index contributed by atoms with van der Waals surface area (Å²) in [6, 6.07) is 0.757. The minimum absolute atomic E-state index is 0.575. The van der Waals surface area contributed by atoms with Crippen LogP contribution in [-0.2, 0) is 4.74 Å². The molecule has 0 aromatic carbocycles. The summed E-state index contributed by atoms with van der Waals surface area (Å²) >= 11 is 0. The molecule has 1 saturated heterocycles. The predicted molar refractivity (Wildman–Crippen MR) is 58.4 cm³/mol. The van der Waals surface area contributed by atoms with E-state index in [0.29, 0.717) is 6.10 Å². The van der Waals surface area contributed by atoms with Crippen LogP contribution >= 0.6 is 0 Å². The molecule has 2 aliphatic rings. The normalized spacial score (nSPS) is 30.2. The molecule has 2 heteroatoms. The van der Waals surface area contributed by atoms with Crippen LogP contribution in [0.1, 0.15) is 44.9 Å². The molecule has 1 heterocycles. The summed E-state index contributed by atoms with van der Waals surface area (Å²) in [5, 5.41) is 3.47. The van der Waals surface area contributed by atoms with Crippen LogP contribution in [0.5, 0.6) is 0 Å². The number of nitrogens with one attached hydrogen (secondary N) is 1. The second kappa shape index (κ2) is 5.13. The smallest absolute Gasteiger partial charge is 0.0576 e. The number of rotatable bonds is 5. The average Bonchev–Trinajstić information content (AvgIpc) is 2.61. The van der Waals surface area contributed by atoms with Crippen LogP contribution in [0.2, 0.25) is 0 Å². The van der Waals surface area contributed by atoms with Gasteiger partial charge in [-0.05, 0) is 51.5 Å². The number of hydrogen-bond acceptors (Lipinski definition) is 2. The molecule has 0 amide bonds. The summed E-state index contributed by atoms with van der Waals surface area (Å²) in [6.07, 6.45) is 10.1. The molecule has 14 heavy (non-hydrogen) atoms. The van der Waals surface area contributed by atoms with Gasteiger partial charge in [-0.2, -0.15) is 0 Å². The molecule has 2 fully saturated rings. The van der Waals surface area contributed by atoms with E-state index in [1.54, 1.807) is 0 Å². The van der Waals surface area contributed by atoms with Crippen LogP contribution in [0, 0.1) is 5.92 Å². The predicted octanol–water partition coefficient (Wildman–Crippen LogP) is 2.33. The molecule has 0 spiro atoms. The van der Waals surface area contributed by atoms with Gasteiger partial charge in [0, 0.05) is 12.6 Å². The third kappa shape index (κ3) is 2.48. The highest BCUT2D eigenvalue weighted by atomic mass is 16.5. The third-order valence-electron chi connectivity index (χ3n) is 3.91. The highest BCUT2D eigenvalue weighted by Gasteiger charge is 2.27. The van der Waals surface area contributed by atoms with Gasteiger partial charge >= 0.3 is 0 Å². The van der Waals surface area contributed by atoms with Crippen molar-refractivity contribution in [3.8, 4) is 0 Å². The van der Waals surface area contributed by atoms with E-state index < -0.39 is 0 Å². The molecule has 0 aromatic heterocycles. The average molecular weight is 197 g/mol. The molecular weight excluding hydrogens is 174 g/mol. The Balaban J connectivity index is 1.65. The number of ether oxygens (including phenoxy) is 1. The zero-order valence-electron chi connectivity index (χ0n) is 9.30. The van der Waals surface area contributed by atoms with Gasteiger partial charge in [0.05, 0.1) is 6.10 Å². The van der Waals surface area contributed by atoms with Gasteiger partial charge in [-0.3, -0.25) is 0 Å². The second-order valence-corrected chi connectivity index (χ2v) is 4.80. The first-order valence-corrected chi connectivity index (χ1v) is 6.19. The van der Waals surface area contributed by atoms with Crippen LogP contribution in [0.4, 0.5) is 0 Å². The lowest BCUT2D eigenvalue weighted by atomic mass is 9.78. The fourth-order valence-corrected chi connectivity index (χ4v) is 2.70. The molecule has 0 bridgehead atoms. The largest absolute Gasteiger partial charge is 0.378 e. The lowest BCUT2D eigenvalue weighted by Crippen LogP contribution is -2.37. The summed E-state index contributed by atoms with van der Waals surface area (Å²) < 4.78 is 5.65. The fraction of sp³-hybridized carbons (Fsp3) is 1.00. The first-order chi connectivity index (χ1) is 6.90. The van der Waals surface area contributed by atoms with Gasteiger partial charge in [0.15, 0.2) is 0 Å². The maximum atomic E-state index is 5.65. The van der Waals surface area contributed by atoms with E-state index in [1.807, 2.05) is 0 Å². The SMILES string of the molecule is CNC(CCC1CCCO1)C1CCC1. The van der Waals surface area contributed by atoms with Gasteiger partial charge in [0.2, 0.25) is 0 Å². The van der Waals surface area contributed by atoms with Crippen molar-refractivity contribution in [1.29, 1.82) is 0 Å². The van der Waals surface area contributed by atoms with Crippen molar-refractivity contribution < 1.29 is 4.74 Å². The van der Waals surface area contributed by atoms with Gasteiger partial charge in [-0.1, -0.05) is 6.42 Å². The van der Waals surface area contributed by atoms with Crippen molar-refractivity contribution in [2.75, 3.05) is 13.7 Å². The van der Waals surface area contributed by atoms with Gasteiger partial charge in [0.1, 0.15) is 0 Å². The molecule has 1 aliphatic carbocycles. The van der Waals surface area contributed by atoms with Crippen LogP contribution in [0.25, 0.3) is 0 Å². The quantitative estimate of drug-likeness (QED) is 0.730. The topological polar surface area (TPSA) is 21.3 Å². The standard InChI is InChI=1S/C12H23NO/c1-13-12(10-4-2-5-10)8-7-11-6-3-9-14-11/h10-13H,2-9H2,1H3. The van der Waals surface area contributed by atoms with E-state index >= 15 is 0 Å². The second-order valence-electron chi connectivity index (χ2n) is 4.80. The Bertz CT molecular complexity index is 162. The van der Waals surface area contributed by atoms with E-state index in [1.165, 1.54) is 44.9 Å². The third-order valence-corrected chi connectivity index (χ3v) is 3.91. The highest BCUT2D eigenvalue weighted by molar-refractivity contribution is 4.82. The molecule has 1 aliphatic heterocycles. The molecule has 0 radical (unpaired) electrons. The summed E-state index contributed by atoms with van der Waals surface area (Å²) in [4.78, 5) is 0. The van der Waals surface area contributed by atoms with Gasteiger partial charge in [0.25, 0.3) is 0 Å². The Morgan fingerprint density at radius 1 is 1.29 bits per heavy atom. The Morgan fingerprint density at radius 2 is 2.14 bits per heavy atom. The van der Waals surface area contributed by atoms with Crippen molar-refractivity contribution >= 4 is 0 Å². The lowest BCUT2D eigenvalue weighted by Gasteiger charge is -2.34. The first kappa shape index (κ1) is 10.4. The van der Waals surface area contributed by atoms with E-state index in [9.17, 15) is 0 Å². The molecule has 82 valence electrons. The van der Waals surface area contributed by atoms with Crippen LogP contribution in [0.15, 0.2) is 0 Å². The van der Waals surface area contributed by atoms with Gasteiger partial charge in [-0.15, -0.1) is 0 Å². The molecule has 2 atom stereocenters. The maximum absolute atomic E-state index is 5.65. The van der Waals surface area contributed by atoms with E-state index in [-0.39, 0.29) is 0 Å². The van der Waals surface area contributed by atoms with E-state index in [2.05, 4.69) is 12.4 Å². The molecule has 2 rings (SSSR count). The Hall–Kier alpha value is -0.0800. The highest BCUT2D eigenvalue weighted by Crippen LogP contribution is 2.32. The van der Waals surface area contributed by atoms with E-state index in [4.69, 9.17) is 4.74 Å². The summed E-state index contributed by atoms with van der Waals surface area (Å²) in [7, 11) is 2.11. The Kier molecular flexibility index (Phi) is 3.82. The fourth-order valence-electron chi connectivity index (χ4n) is 2.70. The van der Waals surface area contributed by atoms with Crippen molar-refractivity contribution in [3.63, 3.8) is 0 Å². The zero-order chi connectivity index (χ0) is 9.80. The monoisotopic (exact) mass is 197 g/mol. The van der Waals surface area contributed by atoms with Gasteiger partial charge < -0.3 is 10.1 Å². The molecule has 2 nitrogen and oxygen atoms in total. The Morgan fingerprint density at radius 3 is 2.64 bits per heavy atom. The minimum atomic E-state index is 0.575.